The molecule has 0 amide bonds. The standard InChI is InChI=1S/C14H25NO2/c1-12(2)10-15-7-5-14(16,6-8-15)13-4-3-9-17-11-13/h11-12,16H,3-10H2,1-2H3. The average Bonchev–Trinajstić information content (AvgIpc) is 2.33. The summed E-state index contributed by atoms with van der Waals surface area (Å²) in [6, 6.07) is 0. The summed E-state index contributed by atoms with van der Waals surface area (Å²) in [6.07, 6.45) is 5.57. The lowest BCUT2D eigenvalue weighted by molar-refractivity contribution is -0.00211. The van der Waals surface area contributed by atoms with Crippen LogP contribution in [0.3, 0.4) is 0 Å². The Bertz CT molecular complexity index is 278. The number of hydrogen-bond acceptors (Lipinski definition) is 3. The van der Waals surface area contributed by atoms with E-state index < -0.39 is 5.60 Å². The molecule has 0 radical (unpaired) electrons. The first-order chi connectivity index (χ1) is 8.10. The Morgan fingerprint density at radius 1 is 1.41 bits per heavy atom. The van der Waals surface area contributed by atoms with Crippen molar-refractivity contribution in [2.75, 3.05) is 26.2 Å². The molecule has 0 unspecified atom stereocenters. The summed E-state index contributed by atoms with van der Waals surface area (Å²) < 4.78 is 5.36. The van der Waals surface area contributed by atoms with Crippen LogP contribution >= 0.6 is 0 Å². The molecular weight excluding hydrogens is 214 g/mol. The number of aliphatic hydroxyl groups is 1. The molecule has 0 aliphatic carbocycles. The zero-order valence-electron chi connectivity index (χ0n) is 11.1. The van der Waals surface area contributed by atoms with E-state index in [0.29, 0.717) is 5.92 Å². The zero-order chi connectivity index (χ0) is 12.3. The minimum Gasteiger partial charge on any atom is -0.501 e. The summed E-state index contributed by atoms with van der Waals surface area (Å²) >= 11 is 0. The van der Waals surface area contributed by atoms with Crippen molar-refractivity contribution in [3.63, 3.8) is 0 Å². The van der Waals surface area contributed by atoms with E-state index in [1.807, 2.05) is 6.26 Å². The molecule has 1 saturated heterocycles. The molecule has 1 fully saturated rings. The normalized spacial score (nSPS) is 25.5. The number of nitrogens with zero attached hydrogens (tertiary/aromatic N) is 1. The van der Waals surface area contributed by atoms with Gasteiger partial charge in [0.2, 0.25) is 0 Å². The molecule has 1 N–H and O–H groups in total. The number of likely N-dealkylation sites (tertiary alicyclic amines) is 1. The van der Waals surface area contributed by atoms with Crippen molar-refractivity contribution >= 4 is 0 Å². The van der Waals surface area contributed by atoms with Crippen LogP contribution in [0.4, 0.5) is 0 Å². The van der Waals surface area contributed by atoms with E-state index in [0.717, 1.165) is 57.5 Å². The monoisotopic (exact) mass is 239 g/mol. The van der Waals surface area contributed by atoms with E-state index in [-0.39, 0.29) is 0 Å². The van der Waals surface area contributed by atoms with Gasteiger partial charge < -0.3 is 14.7 Å². The van der Waals surface area contributed by atoms with Crippen LogP contribution in [0.25, 0.3) is 0 Å². The molecule has 0 aromatic heterocycles. The highest BCUT2D eigenvalue weighted by Crippen LogP contribution is 2.33. The van der Waals surface area contributed by atoms with Gasteiger partial charge in [-0.2, -0.15) is 0 Å². The number of ether oxygens (including phenoxy) is 1. The molecule has 3 heteroatoms. The van der Waals surface area contributed by atoms with Crippen LogP contribution in [-0.4, -0.2) is 41.8 Å². The lowest BCUT2D eigenvalue weighted by Gasteiger charge is -2.40. The smallest absolute Gasteiger partial charge is 0.0913 e. The molecule has 0 aromatic rings. The van der Waals surface area contributed by atoms with Crippen molar-refractivity contribution in [2.45, 2.75) is 45.1 Å². The second-order valence-corrected chi connectivity index (χ2v) is 5.84. The van der Waals surface area contributed by atoms with Crippen molar-refractivity contribution in [1.29, 1.82) is 0 Å². The van der Waals surface area contributed by atoms with Gasteiger partial charge >= 0.3 is 0 Å². The largest absolute Gasteiger partial charge is 0.501 e. The summed E-state index contributed by atoms with van der Waals surface area (Å²) in [5.41, 5.74) is 0.529. The molecule has 0 saturated carbocycles. The topological polar surface area (TPSA) is 32.7 Å². The number of hydrogen-bond donors (Lipinski definition) is 1. The Hall–Kier alpha value is -0.540. The first-order valence-corrected chi connectivity index (χ1v) is 6.86. The van der Waals surface area contributed by atoms with Crippen molar-refractivity contribution in [3.05, 3.63) is 11.8 Å². The molecule has 3 nitrogen and oxygen atoms in total. The maximum Gasteiger partial charge on any atom is 0.0913 e. The predicted molar refractivity (Wildman–Crippen MR) is 68.7 cm³/mol. The number of rotatable bonds is 3. The highest BCUT2D eigenvalue weighted by atomic mass is 16.5. The third-order valence-electron chi connectivity index (χ3n) is 3.84. The second kappa shape index (κ2) is 5.40. The highest BCUT2D eigenvalue weighted by molar-refractivity contribution is 5.17. The molecule has 0 spiro atoms. The van der Waals surface area contributed by atoms with Gasteiger partial charge in [0.25, 0.3) is 0 Å². The lowest BCUT2D eigenvalue weighted by Crippen LogP contribution is -2.46. The van der Waals surface area contributed by atoms with E-state index in [2.05, 4.69) is 18.7 Å². The van der Waals surface area contributed by atoms with Gasteiger partial charge in [-0.15, -0.1) is 0 Å². The summed E-state index contributed by atoms with van der Waals surface area (Å²) in [4.78, 5) is 2.46. The van der Waals surface area contributed by atoms with Gasteiger partial charge in [-0.3, -0.25) is 0 Å². The van der Waals surface area contributed by atoms with E-state index in [4.69, 9.17) is 4.74 Å². The van der Waals surface area contributed by atoms with E-state index in [9.17, 15) is 5.11 Å². The fourth-order valence-corrected chi connectivity index (χ4v) is 2.85. The summed E-state index contributed by atoms with van der Waals surface area (Å²) in [7, 11) is 0. The maximum atomic E-state index is 10.7. The van der Waals surface area contributed by atoms with Crippen LogP contribution in [0.2, 0.25) is 0 Å². The molecule has 0 bridgehead atoms. The summed E-state index contributed by atoms with van der Waals surface area (Å²) in [5, 5.41) is 10.7. The third-order valence-corrected chi connectivity index (χ3v) is 3.84. The van der Waals surface area contributed by atoms with Gasteiger partial charge in [0.1, 0.15) is 0 Å². The molecule has 0 atom stereocenters. The minimum atomic E-state index is -0.589. The van der Waals surface area contributed by atoms with Crippen LogP contribution in [-0.2, 0) is 4.74 Å². The Morgan fingerprint density at radius 3 is 2.65 bits per heavy atom. The van der Waals surface area contributed by atoms with Gasteiger partial charge in [-0.1, -0.05) is 13.8 Å². The van der Waals surface area contributed by atoms with Crippen LogP contribution < -0.4 is 0 Å². The van der Waals surface area contributed by atoms with Crippen LogP contribution in [0, 0.1) is 5.92 Å². The molecule has 2 heterocycles. The Kier molecular flexibility index (Phi) is 4.10. The maximum absolute atomic E-state index is 10.7. The third kappa shape index (κ3) is 3.23. The molecule has 2 aliphatic rings. The SMILES string of the molecule is CC(C)CN1CCC(O)(C2=COCCC2)CC1. The predicted octanol–water partition coefficient (Wildman–Crippen LogP) is 2.16. The van der Waals surface area contributed by atoms with Crippen molar-refractivity contribution in [3.8, 4) is 0 Å². The lowest BCUT2D eigenvalue weighted by atomic mass is 9.82. The van der Waals surface area contributed by atoms with Crippen LogP contribution in [0.15, 0.2) is 11.8 Å². The quantitative estimate of drug-likeness (QED) is 0.819. The highest BCUT2D eigenvalue weighted by Gasteiger charge is 2.36. The molecule has 17 heavy (non-hydrogen) atoms. The van der Waals surface area contributed by atoms with Gasteiger partial charge in [-0.25, -0.2) is 0 Å². The summed E-state index contributed by atoms with van der Waals surface area (Å²) in [5.74, 6) is 0.707. The van der Waals surface area contributed by atoms with E-state index in [1.54, 1.807) is 0 Å². The van der Waals surface area contributed by atoms with Gasteiger partial charge in [0, 0.05) is 19.6 Å². The van der Waals surface area contributed by atoms with Crippen molar-refractivity contribution < 1.29 is 9.84 Å². The first kappa shape index (κ1) is 12.9. The fraction of sp³-hybridized carbons (Fsp3) is 0.857. The molecule has 2 aliphatic heterocycles. The molecule has 0 aromatic carbocycles. The average molecular weight is 239 g/mol. The zero-order valence-corrected chi connectivity index (χ0v) is 11.1. The fourth-order valence-electron chi connectivity index (χ4n) is 2.85. The second-order valence-electron chi connectivity index (χ2n) is 5.84. The molecule has 2 rings (SSSR count). The number of piperidine rings is 1. The van der Waals surface area contributed by atoms with Gasteiger partial charge in [0.15, 0.2) is 0 Å². The minimum absolute atomic E-state index is 0.589. The van der Waals surface area contributed by atoms with E-state index in [1.165, 1.54) is 0 Å². The van der Waals surface area contributed by atoms with Crippen molar-refractivity contribution in [1.82, 2.24) is 4.90 Å². The molecular formula is C14H25NO2. The van der Waals surface area contributed by atoms with E-state index >= 15 is 0 Å². The van der Waals surface area contributed by atoms with Crippen LogP contribution in [0.1, 0.15) is 39.5 Å². The van der Waals surface area contributed by atoms with Gasteiger partial charge in [0.05, 0.1) is 18.5 Å². The van der Waals surface area contributed by atoms with Crippen LogP contribution in [0.5, 0.6) is 0 Å². The van der Waals surface area contributed by atoms with Crippen molar-refractivity contribution in [2.24, 2.45) is 5.92 Å². The van der Waals surface area contributed by atoms with Gasteiger partial charge in [-0.05, 0) is 37.2 Å². The summed E-state index contributed by atoms with van der Waals surface area (Å²) in [6.45, 7) is 8.46. The Labute approximate surface area is 104 Å². The first-order valence-electron chi connectivity index (χ1n) is 6.86. The molecule has 98 valence electrons. The Morgan fingerprint density at radius 2 is 2.12 bits per heavy atom. The Balaban J connectivity index is 1.90.